The lowest BCUT2D eigenvalue weighted by Gasteiger charge is -2.36. The number of hydrogen-bond acceptors (Lipinski definition) is 3. The Kier molecular flexibility index (Phi) is 4.28. The number of benzene rings is 1. The first-order valence-electron chi connectivity index (χ1n) is 6.63. The van der Waals surface area contributed by atoms with Gasteiger partial charge >= 0.3 is 0 Å². The fraction of sp³-hybridized carbons (Fsp3) is 0.571. The van der Waals surface area contributed by atoms with Gasteiger partial charge < -0.3 is 5.11 Å². The maximum absolute atomic E-state index is 12.3. The molecule has 0 spiro atoms. The summed E-state index contributed by atoms with van der Waals surface area (Å²) in [5, 5.41) is 8.94. The first-order chi connectivity index (χ1) is 8.93. The van der Waals surface area contributed by atoms with Crippen molar-refractivity contribution >= 4 is 10.0 Å². The molecule has 4 nitrogen and oxygen atoms in total. The summed E-state index contributed by atoms with van der Waals surface area (Å²) in [6, 6.07) is 7.13. The molecule has 5 heteroatoms. The summed E-state index contributed by atoms with van der Waals surface area (Å²) in [6.07, 6.45) is 0.955. The second-order valence-electron chi connectivity index (χ2n) is 5.61. The van der Waals surface area contributed by atoms with Crippen molar-refractivity contribution in [2.45, 2.75) is 25.2 Å². The summed E-state index contributed by atoms with van der Waals surface area (Å²) >= 11 is 0. The molecule has 0 atom stereocenters. The molecule has 1 fully saturated rings. The molecule has 2 rings (SSSR count). The van der Waals surface area contributed by atoms with Crippen molar-refractivity contribution in [3.63, 3.8) is 0 Å². The third-order valence-corrected chi connectivity index (χ3v) is 5.23. The molecule has 1 saturated heterocycles. The van der Waals surface area contributed by atoms with Crippen LogP contribution in [-0.2, 0) is 16.4 Å². The molecule has 0 aromatic heterocycles. The van der Waals surface area contributed by atoms with Crippen LogP contribution in [0, 0.1) is 11.8 Å². The van der Waals surface area contributed by atoms with E-state index >= 15 is 0 Å². The second-order valence-corrected chi connectivity index (χ2v) is 7.55. The zero-order valence-corrected chi connectivity index (χ0v) is 12.2. The van der Waals surface area contributed by atoms with E-state index in [1.807, 2.05) is 12.1 Å². The third kappa shape index (κ3) is 3.16. The van der Waals surface area contributed by atoms with Gasteiger partial charge in [-0.2, -0.15) is 4.31 Å². The lowest BCUT2D eigenvalue weighted by atomic mass is 10.0. The van der Waals surface area contributed by atoms with Crippen molar-refractivity contribution in [1.29, 1.82) is 0 Å². The predicted octanol–water partition coefficient (Wildman–Crippen LogP) is 1.50. The number of nitrogens with zero attached hydrogens (tertiary/aromatic N) is 1. The van der Waals surface area contributed by atoms with Gasteiger partial charge in [-0.05, 0) is 30.0 Å². The van der Waals surface area contributed by atoms with Crippen molar-refractivity contribution < 1.29 is 13.5 Å². The number of hydrogen-bond donors (Lipinski definition) is 1. The van der Waals surface area contributed by atoms with Crippen molar-refractivity contribution in [3.8, 4) is 0 Å². The van der Waals surface area contributed by atoms with Crippen LogP contribution in [0.5, 0.6) is 0 Å². The Labute approximate surface area is 115 Å². The standard InChI is InChI=1S/C14H21NO3S/c1-11(2)7-12-3-5-14(6-4-12)19(17,18)15-8-13(9-15)10-16/h3-6,11,13,16H,7-10H2,1-2H3. The Morgan fingerprint density at radius 3 is 2.32 bits per heavy atom. The molecule has 1 aromatic carbocycles. The van der Waals surface area contributed by atoms with Crippen molar-refractivity contribution in [3.05, 3.63) is 29.8 Å². The van der Waals surface area contributed by atoms with Gasteiger partial charge in [0.05, 0.1) is 4.90 Å². The van der Waals surface area contributed by atoms with Gasteiger partial charge in [0.1, 0.15) is 0 Å². The fourth-order valence-electron chi connectivity index (χ4n) is 2.25. The first-order valence-corrected chi connectivity index (χ1v) is 8.07. The lowest BCUT2D eigenvalue weighted by Crippen LogP contribution is -2.51. The van der Waals surface area contributed by atoms with Crippen molar-refractivity contribution in [1.82, 2.24) is 4.31 Å². The van der Waals surface area contributed by atoms with Gasteiger partial charge in [-0.1, -0.05) is 26.0 Å². The second kappa shape index (κ2) is 5.61. The monoisotopic (exact) mass is 283 g/mol. The highest BCUT2D eigenvalue weighted by Gasteiger charge is 2.36. The number of aliphatic hydroxyl groups excluding tert-OH is 1. The Morgan fingerprint density at radius 1 is 1.26 bits per heavy atom. The van der Waals surface area contributed by atoms with E-state index in [1.54, 1.807) is 12.1 Å². The molecular weight excluding hydrogens is 262 g/mol. The van der Waals surface area contributed by atoms with Crippen LogP contribution in [0.25, 0.3) is 0 Å². The van der Waals surface area contributed by atoms with Crippen LogP contribution in [0.15, 0.2) is 29.2 Å². The molecule has 0 saturated carbocycles. The number of aliphatic hydroxyl groups is 1. The Hall–Kier alpha value is -0.910. The molecule has 1 aliphatic rings. The van der Waals surface area contributed by atoms with Crippen LogP contribution in [0.3, 0.4) is 0 Å². The molecular formula is C14H21NO3S. The summed E-state index contributed by atoms with van der Waals surface area (Å²) in [5.74, 6) is 0.651. The minimum atomic E-state index is -3.37. The van der Waals surface area contributed by atoms with Gasteiger partial charge in [0.25, 0.3) is 0 Å². The molecule has 1 N–H and O–H groups in total. The van der Waals surface area contributed by atoms with Crippen LogP contribution in [0.4, 0.5) is 0 Å². The van der Waals surface area contributed by atoms with E-state index in [4.69, 9.17) is 5.11 Å². The zero-order valence-electron chi connectivity index (χ0n) is 11.4. The molecule has 0 aliphatic carbocycles. The fourth-order valence-corrected chi connectivity index (χ4v) is 3.84. The maximum atomic E-state index is 12.3. The van der Waals surface area contributed by atoms with Crippen LogP contribution < -0.4 is 0 Å². The van der Waals surface area contributed by atoms with E-state index in [9.17, 15) is 8.42 Å². The summed E-state index contributed by atoms with van der Waals surface area (Å²) in [5.41, 5.74) is 1.16. The van der Waals surface area contributed by atoms with Crippen molar-refractivity contribution in [2.75, 3.05) is 19.7 Å². The highest BCUT2D eigenvalue weighted by atomic mass is 32.2. The minimum absolute atomic E-state index is 0.0549. The van der Waals surface area contributed by atoms with Gasteiger partial charge in [0.2, 0.25) is 10.0 Å². The Bertz CT molecular complexity index is 516. The van der Waals surface area contributed by atoms with Gasteiger partial charge in [0, 0.05) is 25.6 Å². The lowest BCUT2D eigenvalue weighted by molar-refractivity contribution is 0.117. The normalized spacial score (nSPS) is 17.7. The van der Waals surface area contributed by atoms with Gasteiger partial charge in [-0.15, -0.1) is 0 Å². The van der Waals surface area contributed by atoms with E-state index in [0.717, 1.165) is 12.0 Å². The van der Waals surface area contributed by atoms with E-state index < -0.39 is 10.0 Å². The summed E-state index contributed by atoms with van der Waals surface area (Å²) in [7, 11) is -3.37. The average molecular weight is 283 g/mol. The molecule has 0 radical (unpaired) electrons. The predicted molar refractivity (Wildman–Crippen MR) is 74.3 cm³/mol. The Morgan fingerprint density at radius 2 is 1.84 bits per heavy atom. The van der Waals surface area contributed by atoms with Crippen molar-refractivity contribution in [2.24, 2.45) is 11.8 Å². The van der Waals surface area contributed by atoms with Crippen LogP contribution in [-0.4, -0.2) is 37.5 Å². The van der Waals surface area contributed by atoms with Gasteiger partial charge in [-0.3, -0.25) is 0 Å². The topological polar surface area (TPSA) is 57.6 Å². The number of rotatable bonds is 5. The number of sulfonamides is 1. The molecule has 0 bridgehead atoms. The molecule has 0 amide bonds. The first kappa shape index (κ1) is 14.5. The smallest absolute Gasteiger partial charge is 0.243 e. The summed E-state index contributed by atoms with van der Waals surface area (Å²) < 4.78 is 25.9. The minimum Gasteiger partial charge on any atom is -0.396 e. The largest absolute Gasteiger partial charge is 0.396 e. The molecule has 19 heavy (non-hydrogen) atoms. The van der Waals surface area contributed by atoms with Crippen LogP contribution >= 0.6 is 0 Å². The highest BCUT2D eigenvalue weighted by molar-refractivity contribution is 7.89. The van der Waals surface area contributed by atoms with E-state index in [1.165, 1.54) is 4.31 Å². The van der Waals surface area contributed by atoms with Gasteiger partial charge in [0.15, 0.2) is 0 Å². The zero-order chi connectivity index (χ0) is 14.0. The van der Waals surface area contributed by atoms with E-state index in [-0.39, 0.29) is 12.5 Å². The maximum Gasteiger partial charge on any atom is 0.243 e. The SMILES string of the molecule is CC(C)Cc1ccc(S(=O)(=O)N2CC(CO)C2)cc1. The third-order valence-electron chi connectivity index (χ3n) is 3.39. The Balaban J connectivity index is 2.09. The van der Waals surface area contributed by atoms with Gasteiger partial charge in [-0.25, -0.2) is 8.42 Å². The van der Waals surface area contributed by atoms with E-state index in [0.29, 0.717) is 23.9 Å². The highest BCUT2D eigenvalue weighted by Crippen LogP contribution is 2.25. The molecule has 1 aromatic rings. The summed E-state index contributed by atoms with van der Waals surface area (Å²) in [4.78, 5) is 0.344. The van der Waals surface area contributed by atoms with Crippen LogP contribution in [0.1, 0.15) is 19.4 Å². The van der Waals surface area contributed by atoms with Crippen LogP contribution in [0.2, 0.25) is 0 Å². The quantitative estimate of drug-likeness (QED) is 0.891. The molecule has 106 valence electrons. The molecule has 1 aliphatic heterocycles. The molecule has 1 heterocycles. The molecule has 0 unspecified atom stereocenters. The summed E-state index contributed by atoms with van der Waals surface area (Å²) in [6.45, 7) is 5.18. The van der Waals surface area contributed by atoms with E-state index in [2.05, 4.69) is 13.8 Å². The average Bonchev–Trinajstić information content (AvgIpc) is 2.27.